The molecule has 1 fully saturated rings. The smallest absolute Gasteiger partial charge is 0.410 e. The van der Waals surface area contributed by atoms with E-state index >= 15 is 0 Å². The lowest BCUT2D eigenvalue weighted by atomic mass is 9.95. The number of nitrogens with zero attached hydrogens (tertiary/aromatic N) is 1. The number of carbonyl (C=O) groups excluding carboxylic acids is 1. The van der Waals surface area contributed by atoms with Gasteiger partial charge in [-0.1, -0.05) is 49.4 Å². The quantitative estimate of drug-likeness (QED) is 0.832. The Labute approximate surface area is 133 Å². The Bertz CT molecular complexity index is 733. The van der Waals surface area contributed by atoms with Crippen LogP contribution in [0.2, 0.25) is 0 Å². The molecular weight excluding hydrogens is 300 g/mol. The van der Waals surface area contributed by atoms with Crippen LogP contribution in [0.3, 0.4) is 0 Å². The zero-order chi connectivity index (χ0) is 16.6. The van der Waals surface area contributed by atoms with Crippen molar-refractivity contribution in [1.82, 2.24) is 4.90 Å². The van der Waals surface area contributed by atoms with Gasteiger partial charge in [0.05, 0.1) is 6.04 Å². The predicted molar refractivity (Wildman–Crippen MR) is 82.9 cm³/mol. The van der Waals surface area contributed by atoms with E-state index < -0.39 is 29.9 Å². The van der Waals surface area contributed by atoms with Crippen molar-refractivity contribution in [1.29, 1.82) is 0 Å². The summed E-state index contributed by atoms with van der Waals surface area (Å²) >= 11 is 0. The van der Waals surface area contributed by atoms with Crippen LogP contribution >= 0.6 is 0 Å². The van der Waals surface area contributed by atoms with Gasteiger partial charge in [0, 0.05) is 18.2 Å². The van der Waals surface area contributed by atoms with E-state index in [-0.39, 0.29) is 11.1 Å². The standard InChI is InChI=1S/C18H17F2NO2/c1-3-14-17(21(2)18(22)23-14)13-10-9-12(15(19)16(13)20)11-7-5-4-6-8-11/h4-10,14,17H,3H2,1-2H3. The third kappa shape index (κ3) is 2.56. The third-order valence-electron chi connectivity index (χ3n) is 4.23. The van der Waals surface area contributed by atoms with E-state index in [9.17, 15) is 13.6 Å². The first-order valence-electron chi connectivity index (χ1n) is 7.51. The summed E-state index contributed by atoms with van der Waals surface area (Å²) in [6.07, 6.45) is -0.472. The lowest BCUT2D eigenvalue weighted by molar-refractivity contribution is 0.127. The molecule has 1 heterocycles. The van der Waals surface area contributed by atoms with Crippen molar-refractivity contribution in [3.8, 4) is 11.1 Å². The first-order valence-corrected chi connectivity index (χ1v) is 7.51. The second kappa shape index (κ2) is 5.99. The second-order valence-corrected chi connectivity index (χ2v) is 5.58. The van der Waals surface area contributed by atoms with E-state index in [2.05, 4.69) is 0 Å². The number of hydrogen-bond acceptors (Lipinski definition) is 2. The average molecular weight is 317 g/mol. The molecule has 5 heteroatoms. The van der Waals surface area contributed by atoms with Crippen molar-refractivity contribution in [3.05, 3.63) is 59.7 Å². The van der Waals surface area contributed by atoms with Gasteiger partial charge in [0.15, 0.2) is 11.6 Å². The highest BCUT2D eigenvalue weighted by Crippen LogP contribution is 2.37. The summed E-state index contributed by atoms with van der Waals surface area (Å²) in [6.45, 7) is 1.84. The molecule has 0 N–H and O–H groups in total. The van der Waals surface area contributed by atoms with Gasteiger partial charge in [-0.2, -0.15) is 0 Å². The van der Waals surface area contributed by atoms with Gasteiger partial charge in [-0.05, 0) is 12.0 Å². The molecule has 1 aliphatic rings. The zero-order valence-corrected chi connectivity index (χ0v) is 12.9. The van der Waals surface area contributed by atoms with E-state index in [0.29, 0.717) is 12.0 Å². The Morgan fingerprint density at radius 1 is 1.09 bits per heavy atom. The maximum absolute atomic E-state index is 14.6. The van der Waals surface area contributed by atoms with Crippen LogP contribution in [-0.2, 0) is 4.74 Å². The van der Waals surface area contributed by atoms with Gasteiger partial charge in [0.2, 0.25) is 0 Å². The van der Waals surface area contributed by atoms with Gasteiger partial charge in [-0.15, -0.1) is 0 Å². The minimum absolute atomic E-state index is 0.141. The van der Waals surface area contributed by atoms with Crippen LogP contribution in [0.25, 0.3) is 11.1 Å². The van der Waals surface area contributed by atoms with Crippen LogP contribution in [0.4, 0.5) is 13.6 Å². The topological polar surface area (TPSA) is 29.5 Å². The number of ether oxygens (including phenoxy) is 1. The van der Waals surface area contributed by atoms with E-state index in [4.69, 9.17) is 4.74 Å². The monoisotopic (exact) mass is 317 g/mol. The normalized spacial score (nSPS) is 20.7. The molecule has 0 bridgehead atoms. The number of cyclic esters (lactones) is 1. The Hall–Kier alpha value is -2.43. The number of halogens is 2. The third-order valence-corrected chi connectivity index (χ3v) is 4.23. The van der Waals surface area contributed by atoms with E-state index in [0.717, 1.165) is 0 Å². The largest absolute Gasteiger partial charge is 0.444 e. The van der Waals surface area contributed by atoms with Crippen molar-refractivity contribution in [2.45, 2.75) is 25.5 Å². The van der Waals surface area contributed by atoms with Gasteiger partial charge in [-0.25, -0.2) is 13.6 Å². The van der Waals surface area contributed by atoms with Crippen molar-refractivity contribution >= 4 is 6.09 Å². The number of likely N-dealkylation sites (N-methyl/N-ethyl adjacent to an activating group) is 1. The summed E-state index contributed by atoms with van der Waals surface area (Å²) in [6, 6.07) is 11.3. The first kappa shape index (κ1) is 15.5. The summed E-state index contributed by atoms with van der Waals surface area (Å²) in [5, 5.41) is 0. The summed E-state index contributed by atoms with van der Waals surface area (Å²) in [5.74, 6) is -1.84. The fourth-order valence-electron chi connectivity index (χ4n) is 2.99. The van der Waals surface area contributed by atoms with Gasteiger partial charge < -0.3 is 9.64 Å². The maximum atomic E-state index is 14.6. The molecule has 2 aromatic rings. The van der Waals surface area contributed by atoms with Crippen LogP contribution < -0.4 is 0 Å². The number of benzene rings is 2. The van der Waals surface area contributed by atoms with E-state index in [1.165, 1.54) is 18.0 Å². The van der Waals surface area contributed by atoms with Crippen LogP contribution in [0.15, 0.2) is 42.5 Å². The number of rotatable bonds is 3. The summed E-state index contributed by atoms with van der Waals surface area (Å²) in [4.78, 5) is 13.0. The van der Waals surface area contributed by atoms with Crippen molar-refractivity contribution < 1.29 is 18.3 Å². The van der Waals surface area contributed by atoms with Crippen molar-refractivity contribution in [2.24, 2.45) is 0 Å². The van der Waals surface area contributed by atoms with Gasteiger partial charge in [-0.3, -0.25) is 0 Å². The molecule has 1 aliphatic heterocycles. The van der Waals surface area contributed by atoms with Gasteiger partial charge in [0.25, 0.3) is 0 Å². The van der Waals surface area contributed by atoms with Gasteiger partial charge in [0.1, 0.15) is 6.10 Å². The minimum Gasteiger partial charge on any atom is -0.444 e. The van der Waals surface area contributed by atoms with Crippen LogP contribution in [0.1, 0.15) is 24.9 Å². The Morgan fingerprint density at radius 2 is 1.78 bits per heavy atom. The fourth-order valence-corrected chi connectivity index (χ4v) is 2.99. The molecule has 0 saturated carbocycles. The predicted octanol–water partition coefficient (Wildman–Crippen LogP) is 4.53. The van der Waals surface area contributed by atoms with Crippen LogP contribution in [0, 0.1) is 11.6 Å². The molecule has 1 saturated heterocycles. The molecule has 0 radical (unpaired) electrons. The highest BCUT2D eigenvalue weighted by molar-refractivity contribution is 5.71. The molecule has 120 valence electrons. The number of amides is 1. The van der Waals surface area contributed by atoms with Gasteiger partial charge >= 0.3 is 6.09 Å². The molecule has 0 aliphatic carbocycles. The Morgan fingerprint density at radius 3 is 2.43 bits per heavy atom. The average Bonchev–Trinajstić information content (AvgIpc) is 2.86. The first-order chi connectivity index (χ1) is 11.0. The molecule has 3 nitrogen and oxygen atoms in total. The second-order valence-electron chi connectivity index (χ2n) is 5.58. The van der Waals surface area contributed by atoms with E-state index in [1.807, 2.05) is 13.0 Å². The maximum Gasteiger partial charge on any atom is 0.410 e. The molecule has 2 atom stereocenters. The number of hydrogen-bond donors (Lipinski definition) is 0. The molecule has 0 aromatic heterocycles. The molecular formula is C18H17F2NO2. The highest BCUT2D eigenvalue weighted by atomic mass is 19.2. The molecule has 2 aromatic carbocycles. The fraction of sp³-hybridized carbons (Fsp3) is 0.278. The van der Waals surface area contributed by atoms with Crippen LogP contribution in [-0.4, -0.2) is 24.1 Å². The SMILES string of the molecule is CCC1OC(=O)N(C)C1c1ccc(-c2ccccc2)c(F)c1F. The van der Waals surface area contributed by atoms with Crippen molar-refractivity contribution in [3.63, 3.8) is 0 Å². The Kier molecular flexibility index (Phi) is 4.03. The number of carbonyl (C=O) groups is 1. The van der Waals surface area contributed by atoms with Crippen LogP contribution in [0.5, 0.6) is 0 Å². The summed E-state index contributed by atoms with van der Waals surface area (Å²) in [5.41, 5.74) is 0.949. The van der Waals surface area contributed by atoms with E-state index in [1.54, 1.807) is 30.3 Å². The Balaban J connectivity index is 2.06. The summed E-state index contributed by atoms with van der Waals surface area (Å²) < 4.78 is 34.4. The zero-order valence-electron chi connectivity index (χ0n) is 12.9. The highest BCUT2D eigenvalue weighted by Gasteiger charge is 2.41. The summed E-state index contributed by atoms with van der Waals surface area (Å²) in [7, 11) is 1.53. The molecule has 1 amide bonds. The van der Waals surface area contributed by atoms with Crippen molar-refractivity contribution in [2.75, 3.05) is 7.05 Å². The molecule has 0 spiro atoms. The molecule has 23 heavy (non-hydrogen) atoms. The molecule has 3 rings (SSSR count). The molecule has 2 unspecified atom stereocenters. The minimum atomic E-state index is -0.931. The lowest BCUT2D eigenvalue weighted by Gasteiger charge is -2.22. The lowest BCUT2D eigenvalue weighted by Crippen LogP contribution is -2.26.